The first kappa shape index (κ1) is 20.2. The third-order valence-corrected chi connectivity index (χ3v) is 3.31. The van der Waals surface area contributed by atoms with Gasteiger partial charge in [-0.05, 0) is 26.7 Å². The second kappa shape index (κ2) is 10.7. The molecular formula is C12H30NO4S+. The molecule has 0 aromatic heterocycles. The lowest BCUT2D eigenvalue weighted by molar-refractivity contribution is -0.925. The van der Waals surface area contributed by atoms with Crippen LogP contribution in [0.25, 0.3) is 0 Å². The van der Waals surface area contributed by atoms with E-state index in [0.717, 1.165) is 0 Å². The second-order valence-corrected chi connectivity index (χ2v) is 5.47. The average Bonchev–Trinajstić information content (AvgIpc) is 2.28. The summed E-state index contributed by atoms with van der Waals surface area (Å²) in [5.74, 6) is 0. The van der Waals surface area contributed by atoms with Crippen LogP contribution in [0.4, 0.5) is 0 Å². The highest BCUT2D eigenvalue weighted by molar-refractivity contribution is 7.79. The van der Waals surface area contributed by atoms with Gasteiger partial charge in [-0.15, -0.1) is 0 Å². The molecule has 0 saturated carbocycles. The van der Waals surface area contributed by atoms with E-state index >= 15 is 0 Å². The predicted molar refractivity (Wildman–Crippen MR) is 75.1 cm³/mol. The Morgan fingerprint density at radius 1 is 0.833 bits per heavy atom. The van der Waals surface area contributed by atoms with Crippen molar-refractivity contribution in [2.45, 2.75) is 53.4 Å². The largest absolute Gasteiger partial charge is 0.394 e. The summed E-state index contributed by atoms with van der Waals surface area (Å²) in [5, 5.41) is 0. The molecule has 5 nitrogen and oxygen atoms in total. The number of quaternary nitrogens is 1. The van der Waals surface area contributed by atoms with Gasteiger partial charge < -0.3 is 4.48 Å². The van der Waals surface area contributed by atoms with Gasteiger partial charge in [-0.25, -0.2) is 0 Å². The van der Waals surface area contributed by atoms with E-state index in [1.165, 1.54) is 56.3 Å². The fourth-order valence-corrected chi connectivity index (χ4v) is 1.95. The van der Waals surface area contributed by atoms with Gasteiger partial charge in [-0.2, -0.15) is 8.42 Å². The maximum Gasteiger partial charge on any atom is 0.394 e. The molecular weight excluding hydrogens is 254 g/mol. The van der Waals surface area contributed by atoms with Crippen molar-refractivity contribution >= 4 is 10.4 Å². The quantitative estimate of drug-likeness (QED) is 0.531. The van der Waals surface area contributed by atoms with E-state index in [1.807, 2.05) is 0 Å². The number of unbranched alkanes of at least 4 members (excludes halogenated alkanes) is 2. The van der Waals surface area contributed by atoms with Gasteiger partial charge in [-0.3, -0.25) is 9.11 Å². The van der Waals surface area contributed by atoms with Crippen LogP contribution in [0.3, 0.4) is 0 Å². The van der Waals surface area contributed by atoms with Crippen molar-refractivity contribution in [3.63, 3.8) is 0 Å². The van der Waals surface area contributed by atoms with Crippen LogP contribution in [0, 0.1) is 0 Å². The van der Waals surface area contributed by atoms with Gasteiger partial charge in [0.25, 0.3) is 0 Å². The first-order valence-corrected chi connectivity index (χ1v) is 8.19. The molecule has 0 bridgehead atoms. The van der Waals surface area contributed by atoms with Gasteiger partial charge in [-0.1, -0.05) is 26.7 Å². The summed E-state index contributed by atoms with van der Waals surface area (Å²) in [7, 11) is -4.67. The minimum Gasteiger partial charge on any atom is -0.324 e. The Morgan fingerprint density at radius 3 is 1.28 bits per heavy atom. The Labute approximate surface area is 112 Å². The van der Waals surface area contributed by atoms with Gasteiger partial charge in [0.1, 0.15) is 0 Å². The molecule has 6 heteroatoms. The van der Waals surface area contributed by atoms with Gasteiger partial charge >= 0.3 is 10.4 Å². The number of rotatable bonds is 8. The SMILES string of the molecule is CCCC[N+](CC)(CC)CCCC.O=S(=O)(O)O. The first-order valence-electron chi connectivity index (χ1n) is 6.79. The highest BCUT2D eigenvalue weighted by Gasteiger charge is 2.20. The molecule has 0 aromatic rings. The van der Waals surface area contributed by atoms with Crippen molar-refractivity contribution < 1.29 is 22.0 Å². The maximum atomic E-state index is 8.74. The Kier molecular flexibility index (Phi) is 12.0. The lowest BCUT2D eigenvalue weighted by Crippen LogP contribution is -2.49. The fraction of sp³-hybridized carbons (Fsp3) is 1.00. The maximum absolute atomic E-state index is 8.74. The Balaban J connectivity index is 0. The number of nitrogens with zero attached hydrogens (tertiary/aromatic N) is 1. The molecule has 0 unspecified atom stereocenters. The third-order valence-electron chi connectivity index (χ3n) is 3.31. The normalized spacial score (nSPS) is 11.9. The van der Waals surface area contributed by atoms with E-state index in [4.69, 9.17) is 17.5 Å². The topological polar surface area (TPSA) is 74.6 Å². The van der Waals surface area contributed by atoms with Crippen LogP contribution in [-0.4, -0.2) is 48.2 Å². The number of hydrogen-bond acceptors (Lipinski definition) is 2. The molecule has 0 saturated heterocycles. The van der Waals surface area contributed by atoms with Crippen LogP contribution in [-0.2, 0) is 10.4 Å². The molecule has 0 aliphatic carbocycles. The van der Waals surface area contributed by atoms with E-state index in [-0.39, 0.29) is 0 Å². The molecule has 0 aromatic carbocycles. The third kappa shape index (κ3) is 13.9. The smallest absolute Gasteiger partial charge is 0.324 e. The number of hydrogen-bond donors (Lipinski definition) is 2. The minimum absolute atomic E-state index is 1.32. The standard InChI is InChI=1S/C12H28N.H2O4S/c1-5-9-11-13(7-3,8-4)12-10-6-2;1-5(2,3)4/h5-12H2,1-4H3;(H2,1,2,3,4)/q+1;. The molecule has 0 aliphatic rings. The van der Waals surface area contributed by atoms with Crippen LogP contribution in [0.15, 0.2) is 0 Å². The van der Waals surface area contributed by atoms with Gasteiger partial charge in [0.2, 0.25) is 0 Å². The van der Waals surface area contributed by atoms with E-state index in [0.29, 0.717) is 0 Å². The molecule has 0 rings (SSSR count). The van der Waals surface area contributed by atoms with Gasteiger partial charge in [0, 0.05) is 0 Å². The molecule has 0 aliphatic heterocycles. The van der Waals surface area contributed by atoms with Crippen molar-refractivity contribution in [2.24, 2.45) is 0 Å². The summed E-state index contributed by atoms with van der Waals surface area (Å²) in [5.41, 5.74) is 0. The van der Waals surface area contributed by atoms with E-state index in [2.05, 4.69) is 27.7 Å². The fourth-order valence-electron chi connectivity index (χ4n) is 1.95. The van der Waals surface area contributed by atoms with Crippen molar-refractivity contribution in [3.05, 3.63) is 0 Å². The predicted octanol–water partition coefficient (Wildman–Crippen LogP) is 2.79. The molecule has 0 fully saturated rings. The lowest BCUT2D eigenvalue weighted by Gasteiger charge is -2.37. The second-order valence-electron chi connectivity index (χ2n) is 4.58. The molecule has 0 spiro atoms. The summed E-state index contributed by atoms with van der Waals surface area (Å²) >= 11 is 0. The van der Waals surface area contributed by atoms with Crippen molar-refractivity contribution in [3.8, 4) is 0 Å². The van der Waals surface area contributed by atoms with Crippen LogP contribution >= 0.6 is 0 Å². The monoisotopic (exact) mass is 284 g/mol. The van der Waals surface area contributed by atoms with E-state index in [1.54, 1.807) is 0 Å². The summed E-state index contributed by atoms with van der Waals surface area (Å²) in [6.45, 7) is 14.7. The van der Waals surface area contributed by atoms with Crippen LogP contribution in [0.2, 0.25) is 0 Å². The summed E-state index contributed by atoms with van der Waals surface area (Å²) in [4.78, 5) is 0. The van der Waals surface area contributed by atoms with Gasteiger partial charge in [0.15, 0.2) is 0 Å². The zero-order chi connectivity index (χ0) is 14.7. The van der Waals surface area contributed by atoms with E-state index in [9.17, 15) is 0 Å². The molecule has 0 radical (unpaired) electrons. The molecule has 18 heavy (non-hydrogen) atoms. The zero-order valence-corrected chi connectivity index (χ0v) is 13.0. The molecule has 2 N–H and O–H groups in total. The lowest BCUT2D eigenvalue weighted by atomic mass is 10.2. The molecule has 0 heterocycles. The van der Waals surface area contributed by atoms with Crippen LogP contribution < -0.4 is 0 Å². The first-order chi connectivity index (χ1) is 8.24. The summed E-state index contributed by atoms with van der Waals surface area (Å²) < 4.78 is 32.9. The van der Waals surface area contributed by atoms with E-state index < -0.39 is 10.4 Å². The van der Waals surface area contributed by atoms with Crippen LogP contribution in [0.5, 0.6) is 0 Å². The van der Waals surface area contributed by atoms with Gasteiger partial charge in [0.05, 0.1) is 26.2 Å². The Bertz CT molecular complexity index is 256. The van der Waals surface area contributed by atoms with Crippen molar-refractivity contribution in [2.75, 3.05) is 26.2 Å². The minimum atomic E-state index is -4.67. The molecule has 0 amide bonds. The Hall–Kier alpha value is -0.170. The van der Waals surface area contributed by atoms with Crippen LogP contribution in [0.1, 0.15) is 53.4 Å². The Morgan fingerprint density at radius 2 is 1.11 bits per heavy atom. The zero-order valence-electron chi connectivity index (χ0n) is 12.2. The van der Waals surface area contributed by atoms with Crippen molar-refractivity contribution in [1.29, 1.82) is 0 Å². The summed E-state index contributed by atoms with van der Waals surface area (Å²) in [6, 6.07) is 0. The molecule has 112 valence electrons. The summed E-state index contributed by atoms with van der Waals surface area (Å²) in [6.07, 6.45) is 5.47. The highest BCUT2D eigenvalue weighted by Crippen LogP contribution is 2.11. The van der Waals surface area contributed by atoms with Crippen molar-refractivity contribution in [1.82, 2.24) is 0 Å². The average molecular weight is 284 g/mol. The molecule has 0 atom stereocenters. The highest BCUT2D eigenvalue weighted by atomic mass is 32.3.